The molecule has 3 aromatic rings. The number of hydrogen-bond donors (Lipinski definition) is 2. The number of benzene rings is 1. The van der Waals surface area contributed by atoms with Crippen LogP contribution in [0.3, 0.4) is 0 Å². The molecule has 0 spiro atoms. The minimum Gasteiger partial charge on any atom is -0.391 e. The molecule has 2 aromatic heterocycles. The topological polar surface area (TPSA) is 101 Å². The lowest BCUT2D eigenvalue weighted by molar-refractivity contribution is 0.100. The smallest absolute Gasteiger partial charge is 0.267 e. The van der Waals surface area contributed by atoms with Crippen molar-refractivity contribution in [2.75, 3.05) is 25.4 Å². The number of fused-ring (bicyclic) bond motifs is 1. The summed E-state index contributed by atoms with van der Waals surface area (Å²) >= 11 is 2.50. The number of likely N-dealkylation sites (tertiary alicyclic amines) is 1. The Bertz CT molecular complexity index is 1140. The quantitative estimate of drug-likeness (QED) is 0.417. The van der Waals surface area contributed by atoms with E-state index in [-0.39, 0.29) is 5.56 Å². The van der Waals surface area contributed by atoms with Crippen LogP contribution in [0.2, 0.25) is 0 Å². The number of nitrogens with zero attached hydrogens (tertiary/aromatic N) is 3. The Morgan fingerprint density at radius 2 is 1.97 bits per heavy atom. The fourth-order valence-electron chi connectivity index (χ4n) is 3.96. The van der Waals surface area contributed by atoms with Crippen molar-refractivity contribution >= 4 is 39.2 Å². The molecule has 1 unspecified atom stereocenters. The zero-order valence-electron chi connectivity index (χ0n) is 17.4. The first kappa shape index (κ1) is 22.0. The van der Waals surface area contributed by atoms with E-state index in [9.17, 15) is 14.7 Å². The summed E-state index contributed by atoms with van der Waals surface area (Å²) in [7, 11) is 0. The lowest BCUT2D eigenvalue weighted by Crippen LogP contribution is -2.37. The maximum atomic E-state index is 13.5. The van der Waals surface area contributed by atoms with Crippen molar-refractivity contribution in [1.82, 2.24) is 14.5 Å². The fourth-order valence-corrected chi connectivity index (χ4v) is 5.97. The summed E-state index contributed by atoms with van der Waals surface area (Å²) in [5, 5.41) is 11.5. The zero-order chi connectivity index (χ0) is 22.0. The molecule has 1 aliphatic heterocycles. The highest BCUT2D eigenvalue weighted by Crippen LogP contribution is 2.30. The number of carbonyl (C=O) groups is 1. The van der Waals surface area contributed by atoms with Gasteiger partial charge in [0.25, 0.3) is 11.5 Å². The van der Waals surface area contributed by atoms with Crippen molar-refractivity contribution in [3.05, 3.63) is 51.1 Å². The Balaban J connectivity index is 1.69. The van der Waals surface area contributed by atoms with Gasteiger partial charge in [-0.15, -0.1) is 11.3 Å². The van der Waals surface area contributed by atoms with E-state index in [1.807, 2.05) is 30.3 Å². The Hall–Kier alpha value is -2.20. The number of primary amides is 1. The van der Waals surface area contributed by atoms with Gasteiger partial charge < -0.3 is 15.7 Å². The van der Waals surface area contributed by atoms with Gasteiger partial charge in [-0.05, 0) is 50.6 Å². The highest BCUT2D eigenvalue weighted by atomic mass is 32.2. The molecule has 0 aliphatic carbocycles. The number of piperidine rings is 1. The maximum absolute atomic E-state index is 13.5. The van der Waals surface area contributed by atoms with E-state index in [0.29, 0.717) is 43.8 Å². The molecule has 4 rings (SSSR count). The highest BCUT2D eigenvalue weighted by molar-refractivity contribution is 7.99. The minimum absolute atomic E-state index is 0.231. The van der Waals surface area contributed by atoms with Crippen molar-refractivity contribution < 1.29 is 9.90 Å². The number of para-hydroxylation sites is 1. The number of aryl methyl sites for hydroxylation is 1. The number of hydrogen-bond acceptors (Lipinski definition) is 7. The summed E-state index contributed by atoms with van der Waals surface area (Å²) < 4.78 is 1.56. The zero-order valence-corrected chi connectivity index (χ0v) is 19.0. The lowest BCUT2D eigenvalue weighted by atomic mass is 10.1. The maximum Gasteiger partial charge on any atom is 0.267 e. The molecule has 31 heavy (non-hydrogen) atoms. The van der Waals surface area contributed by atoms with Crippen molar-refractivity contribution in [2.45, 2.75) is 37.4 Å². The highest BCUT2D eigenvalue weighted by Gasteiger charge is 2.22. The SMILES string of the molecule is Cc1c(C(N)=O)sc2nc(SCC(O)CN3CCCCC3)n(-c3ccccc3)c(=O)c12. The van der Waals surface area contributed by atoms with Crippen LogP contribution >= 0.6 is 23.1 Å². The molecule has 7 nitrogen and oxygen atoms in total. The second-order valence-electron chi connectivity index (χ2n) is 7.80. The summed E-state index contributed by atoms with van der Waals surface area (Å²) in [6.45, 7) is 4.39. The molecule has 1 atom stereocenters. The van der Waals surface area contributed by atoms with E-state index in [2.05, 4.69) is 4.90 Å². The number of thiophene rings is 1. The Kier molecular flexibility index (Phi) is 6.76. The molecule has 1 aliphatic rings. The summed E-state index contributed by atoms with van der Waals surface area (Å²) in [6.07, 6.45) is 3.07. The minimum atomic E-state index is -0.558. The molecule has 9 heteroatoms. The van der Waals surface area contributed by atoms with Crippen LogP contribution < -0.4 is 11.3 Å². The predicted molar refractivity (Wildman–Crippen MR) is 125 cm³/mol. The summed E-state index contributed by atoms with van der Waals surface area (Å²) in [4.78, 5) is 33.1. The fraction of sp³-hybridized carbons (Fsp3) is 0.409. The standard InChI is InChI=1S/C22H26N4O3S2/c1-14-17-20(31-18(14)19(23)28)24-22(26(21(17)29)15-8-4-2-5-9-15)30-13-16(27)12-25-10-6-3-7-11-25/h2,4-5,8-9,16,27H,3,6-7,10-13H2,1H3,(H2,23,28). The molecule has 1 amide bonds. The van der Waals surface area contributed by atoms with Crippen LogP contribution in [-0.2, 0) is 0 Å². The molecule has 3 heterocycles. The van der Waals surface area contributed by atoms with Gasteiger partial charge in [0, 0.05) is 12.3 Å². The van der Waals surface area contributed by atoms with E-state index in [1.165, 1.54) is 31.0 Å². The van der Waals surface area contributed by atoms with Crippen LogP contribution in [0.5, 0.6) is 0 Å². The molecule has 1 saturated heterocycles. The van der Waals surface area contributed by atoms with Crippen LogP contribution in [0.1, 0.15) is 34.5 Å². The van der Waals surface area contributed by atoms with Crippen LogP contribution in [0.4, 0.5) is 0 Å². The number of carbonyl (C=O) groups excluding carboxylic acids is 1. The van der Waals surface area contributed by atoms with Crippen LogP contribution in [-0.4, -0.2) is 57.0 Å². The van der Waals surface area contributed by atoms with Gasteiger partial charge in [-0.3, -0.25) is 14.2 Å². The Morgan fingerprint density at radius 1 is 1.26 bits per heavy atom. The van der Waals surface area contributed by atoms with Crippen LogP contribution in [0.15, 0.2) is 40.3 Å². The van der Waals surface area contributed by atoms with Gasteiger partial charge in [-0.2, -0.15) is 0 Å². The molecule has 3 N–H and O–H groups in total. The van der Waals surface area contributed by atoms with Gasteiger partial charge in [0.2, 0.25) is 0 Å². The first-order chi connectivity index (χ1) is 15.0. The van der Waals surface area contributed by atoms with Gasteiger partial charge in [-0.1, -0.05) is 36.4 Å². The van der Waals surface area contributed by atoms with Gasteiger partial charge in [0.05, 0.1) is 22.1 Å². The van der Waals surface area contributed by atoms with Crippen LogP contribution in [0.25, 0.3) is 15.9 Å². The normalized spacial score (nSPS) is 15.9. The molecular formula is C22H26N4O3S2. The second kappa shape index (κ2) is 9.52. The summed E-state index contributed by atoms with van der Waals surface area (Å²) in [5.41, 5.74) is 6.53. The molecule has 0 bridgehead atoms. The number of β-amino-alcohol motifs (C(OH)–C–C–N with tert-alkyl or cyclic N) is 1. The molecular weight excluding hydrogens is 432 g/mol. The van der Waals surface area contributed by atoms with Gasteiger partial charge in [0.15, 0.2) is 5.16 Å². The van der Waals surface area contributed by atoms with Gasteiger partial charge >= 0.3 is 0 Å². The molecule has 0 saturated carbocycles. The average Bonchev–Trinajstić information content (AvgIpc) is 3.10. The van der Waals surface area contributed by atoms with E-state index < -0.39 is 12.0 Å². The van der Waals surface area contributed by atoms with Crippen molar-refractivity contribution in [1.29, 1.82) is 0 Å². The molecule has 1 fully saturated rings. The predicted octanol–water partition coefficient (Wildman–Crippen LogP) is 2.79. The first-order valence-corrected chi connectivity index (χ1v) is 12.2. The van der Waals surface area contributed by atoms with E-state index in [0.717, 1.165) is 24.4 Å². The second-order valence-corrected chi connectivity index (χ2v) is 9.78. The third-order valence-corrected chi connectivity index (χ3v) is 7.78. The number of thioether (sulfide) groups is 1. The third-order valence-electron chi connectivity index (χ3n) is 5.49. The van der Waals surface area contributed by atoms with E-state index in [1.54, 1.807) is 11.5 Å². The summed E-state index contributed by atoms with van der Waals surface area (Å²) in [6, 6.07) is 9.30. The number of amides is 1. The third kappa shape index (κ3) is 4.69. The number of aliphatic hydroxyl groups is 1. The van der Waals surface area contributed by atoms with Crippen molar-refractivity contribution in [2.24, 2.45) is 5.73 Å². The number of nitrogens with two attached hydrogens (primary N) is 1. The van der Waals surface area contributed by atoms with Crippen LogP contribution in [0, 0.1) is 6.92 Å². The number of aliphatic hydroxyl groups excluding tert-OH is 1. The largest absolute Gasteiger partial charge is 0.391 e. The van der Waals surface area contributed by atoms with Crippen molar-refractivity contribution in [3.8, 4) is 5.69 Å². The summed E-state index contributed by atoms with van der Waals surface area (Å²) in [5.74, 6) is -0.133. The Labute approximate surface area is 188 Å². The molecule has 164 valence electrons. The van der Waals surface area contributed by atoms with Crippen molar-refractivity contribution in [3.63, 3.8) is 0 Å². The van der Waals surface area contributed by atoms with Gasteiger partial charge in [0.1, 0.15) is 4.83 Å². The first-order valence-electron chi connectivity index (χ1n) is 10.4. The average molecular weight is 459 g/mol. The number of aromatic nitrogens is 2. The molecule has 0 radical (unpaired) electrons. The number of rotatable bonds is 7. The van der Waals surface area contributed by atoms with E-state index in [4.69, 9.17) is 10.7 Å². The Morgan fingerprint density at radius 3 is 2.65 bits per heavy atom. The van der Waals surface area contributed by atoms with E-state index >= 15 is 0 Å². The lowest BCUT2D eigenvalue weighted by Gasteiger charge is -2.28. The molecule has 1 aromatic carbocycles. The van der Waals surface area contributed by atoms with Gasteiger partial charge in [-0.25, -0.2) is 4.98 Å². The monoisotopic (exact) mass is 458 g/mol.